The molecule has 0 saturated heterocycles. The first-order valence-corrected chi connectivity index (χ1v) is 6.96. The smallest absolute Gasteiger partial charge is 0.305 e. The molecular weight excluding hydrogens is 302 g/mol. The van der Waals surface area contributed by atoms with Gasteiger partial charge in [-0.05, 0) is 19.5 Å². The van der Waals surface area contributed by atoms with Crippen LogP contribution in [0.1, 0.15) is 24.9 Å². The lowest BCUT2D eigenvalue weighted by Crippen LogP contribution is -2.17. The highest BCUT2D eigenvalue weighted by molar-refractivity contribution is 7.14. The van der Waals surface area contributed by atoms with E-state index in [2.05, 4.69) is 15.5 Å². The maximum atomic E-state index is 14.1. The highest BCUT2D eigenvalue weighted by Gasteiger charge is 2.25. The molecule has 0 radical (unpaired) electrons. The maximum absolute atomic E-state index is 14.1. The zero-order valence-electron chi connectivity index (χ0n) is 11.3. The molecule has 0 aliphatic rings. The molecule has 112 valence electrons. The Bertz CT molecular complexity index is 677. The number of rotatable bonds is 5. The molecule has 9 heteroatoms. The standard InChI is InChI=1S/C12H12F2N4O2S/c1-3-15-6(2)11-16-17-12(21-11)9-7(13)4-5-8(10(9)14)18(19)20/h4-6,15H,3H2,1-2H3. The van der Waals surface area contributed by atoms with Gasteiger partial charge in [-0.2, -0.15) is 4.39 Å². The first-order chi connectivity index (χ1) is 9.95. The molecule has 0 amide bonds. The first-order valence-electron chi connectivity index (χ1n) is 6.15. The molecule has 2 aromatic rings. The van der Waals surface area contributed by atoms with Gasteiger partial charge in [-0.3, -0.25) is 10.1 Å². The van der Waals surface area contributed by atoms with Gasteiger partial charge in [-0.25, -0.2) is 4.39 Å². The second-order valence-corrected chi connectivity index (χ2v) is 5.25. The summed E-state index contributed by atoms with van der Waals surface area (Å²) in [5, 5.41) is 22.0. The number of benzene rings is 1. The summed E-state index contributed by atoms with van der Waals surface area (Å²) >= 11 is 0.995. The molecular formula is C12H12F2N4O2S. The molecule has 0 saturated carbocycles. The molecule has 2 rings (SSSR count). The van der Waals surface area contributed by atoms with Crippen molar-refractivity contribution >= 4 is 17.0 Å². The van der Waals surface area contributed by atoms with Crippen molar-refractivity contribution in [1.82, 2.24) is 15.5 Å². The van der Waals surface area contributed by atoms with Gasteiger partial charge in [0.05, 0.1) is 16.5 Å². The predicted molar refractivity (Wildman–Crippen MR) is 74.0 cm³/mol. The van der Waals surface area contributed by atoms with Gasteiger partial charge in [0, 0.05) is 6.07 Å². The Labute approximate surface area is 123 Å². The average molecular weight is 314 g/mol. The predicted octanol–water partition coefficient (Wildman–Crippen LogP) is 3.06. The summed E-state index contributed by atoms with van der Waals surface area (Å²) in [5.74, 6) is -2.14. The van der Waals surface area contributed by atoms with E-state index in [1.807, 2.05) is 13.8 Å². The van der Waals surface area contributed by atoms with E-state index in [1.165, 1.54) is 0 Å². The van der Waals surface area contributed by atoms with E-state index in [0.717, 1.165) is 23.5 Å². The highest BCUT2D eigenvalue weighted by Crippen LogP contribution is 2.34. The summed E-state index contributed by atoms with van der Waals surface area (Å²) in [7, 11) is 0. The summed E-state index contributed by atoms with van der Waals surface area (Å²) in [6.07, 6.45) is 0. The van der Waals surface area contributed by atoms with E-state index < -0.39 is 27.8 Å². The van der Waals surface area contributed by atoms with E-state index in [-0.39, 0.29) is 11.0 Å². The van der Waals surface area contributed by atoms with Gasteiger partial charge < -0.3 is 5.32 Å². The zero-order chi connectivity index (χ0) is 15.6. The fraction of sp³-hybridized carbons (Fsp3) is 0.333. The number of nitrogens with one attached hydrogen (secondary N) is 1. The Morgan fingerprint density at radius 1 is 1.43 bits per heavy atom. The van der Waals surface area contributed by atoms with Crippen LogP contribution >= 0.6 is 11.3 Å². The van der Waals surface area contributed by atoms with E-state index >= 15 is 0 Å². The molecule has 0 bridgehead atoms. The van der Waals surface area contributed by atoms with Crippen LogP contribution < -0.4 is 5.32 Å². The highest BCUT2D eigenvalue weighted by atomic mass is 32.1. The molecule has 1 N–H and O–H groups in total. The number of hydrogen-bond donors (Lipinski definition) is 1. The van der Waals surface area contributed by atoms with Gasteiger partial charge in [0.25, 0.3) is 0 Å². The van der Waals surface area contributed by atoms with Crippen LogP contribution in [0.4, 0.5) is 14.5 Å². The molecule has 0 fully saturated rings. The van der Waals surface area contributed by atoms with Crippen LogP contribution in [0.2, 0.25) is 0 Å². The van der Waals surface area contributed by atoms with Crippen molar-refractivity contribution in [3.63, 3.8) is 0 Å². The zero-order valence-corrected chi connectivity index (χ0v) is 12.1. The molecule has 1 aromatic carbocycles. The van der Waals surface area contributed by atoms with Gasteiger partial charge >= 0.3 is 5.69 Å². The number of hydrogen-bond acceptors (Lipinski definition) is 6. The third-order valence-electron chi connectivity index (χ3n) is 2.80. The Balaban J connectivity index is 2.47. The third kappa shape index (κ3) is 3.03. The fourth-order valence-electron chi connectivity index (χ4n) is 1.78. The van der Waals surface area contributed by atoms with Gasteiger partial charge in [-0.1, -0.05) is 18.3 Å². The molecule has 0 aliphatic heterocycles. The van der Waals surface area contributed by atoms with Crippen LogP contribution in [-0.4, -0.2) is 21.7 Å². The molecule has 6 nitrogen and oxygen atoms in total. The van der Waals surface area contributed by atoms with Gasteiger partial charge in [0.15, 0.2) is 5.01 Å². The lowest BCUT2D eigenvalue weighted by molar-refractivity contribution is -0.387. The van der Waals surface area contributed by atoms with Crippen LogP contribution in [-0.2, 0) is 0 Å². The lowest BCUT2D eigenvalue weighted by Gasteiger charge is -2.06. The van der Waals surface area contributed by atoms with Crippen LogP contribution in [0, 0.1) is 21.7 Å². The Kier molecular flexibility index (Phi) is 4.53. The van der Waals surface area contributed by atoms with Crippen LogP contribution in [0.15, 0.2) is 12.1 Å². The Morgan fingerprint density at radius 3 is 2.76 bits per heavy atom. The van der Waals surface area contributed by atoms with E-state index in [4.69, 9.17) is 0 Å². The van der Waals surface area contributed by atoms with E-state index in [0.29, 0.717) is 11.6 Å². The van der Waals surface area contributed by atoms with Gasteiger partial charge in [0.1, 0.15) is 10.8 Å². The van der Waals surface area contributed by atoms with E-state index in [1.54, 1.807) is 0 Å². The SMILES string of the molecule is CCNC(C)c1nnc(-c2c(F)ccc([N+](=O)[O-])c2F)s1. The summed E-state index contributed by atoms with van der Waals surface area (Å²) in [6.45, 7) is 4.46. The number of aromatic nitrogens is 2. The van der Waals surface area contributed by atoms with Crippen molar-refractivity contribution in [3.8, 4) is 10.6 Å². The van der Waals surface area contributed by atoms with Crippen molar-refractivity contribution in [1.29, 1.82) is 0 Å². The summed E-state index contributed by atoms with van der Waals surface area (Å²) in [6, 6.07) is 1.52. The number of nitro groups is 1. The van der Waals surface area contributed by atoms with Crippen LogP contribution in [0.25, 0.3) is 10.6 Å². The Morgan fingerprint density at radius 2 is 2.14 bits per heavy atom. The second-order valence-electron chi connectivity index (χ2n) is 4.24. The average Bonchev–Trinajstić information content (AvgIpc) is 2.88. The number of nitro benzene ring substituents is 1. The van der Waals surface area contributed by atoms with Crippen LogP contribution in [0.5, 0.6) is 0 Å². The summed E-state index contributed by atoms with van der Waals surface area (Å²) in [4.78, 5) is 9.81. The van der Waals surface area contributed by atoms with Gasteiger partial charge in [0.2, 0.25) is 5.82 Å². The lowest BCUT2D eigenvalue weighted by atomic mass is 10.2. The molecule has 0 spiro atoms. The fourth-order valence-corrected chi connectivity index (χ4v) is 2.69. The second kappa shape index (κ2) is 6.19. The van der Waals surface area contributed by atoms with Gasteiger partial charge in [-0.15, -0.1) is 10.2 Å². The summed E-state index contributed by atoms with van der Waals surface area (Å²) < 4.78 is 27.9. The minimum absolute atomic E-state index is 0.0200. The normalized spacial score (nSPS) is 12.4. The molecule has 21 heavy (non-hydrogen) atoms. The molecule has 1 aromatic heterocycles. The number of nitrogens with zero attached hydrogens (tertiary/aromatic N) is 3. The van der Waals surface area contributed by atoms with Crippen molar-refractivity contribution in [2.45, 2.75) is 19.9 Å². The number of halogens is 2. The van der Waals surface area contributed by atoms with E-state index in [9.17, 15) is 18.9 Å². The largest absolute Gasteiger partial charge is 0.308 e. The minimum atomic E-state index is -1.24. The maximum Gasteiger partial charge on any atom is 0.305 e. The molecule has 1 atom stereocenters. The third-order valence-corrected chi connectivity index (χ3v) is 3.93. The monoisotopic (exact) mass is 314 g/mol. The first kappa shape index (κ1) is 15.4. The topological polar surface area (TPSA) is 81.0 Å². The quantitative estimate of drug-likeness (QED) is 0.677. The van der Waals surface area contributed by atoms with Crippen molar-refractivity contribution < 1.29 is 13.7 Å². The van der Waals surface area contributed by atoms with Crippen LogP contribution in [0.3, 0.4) is 0 Å². The Hall–Kier alpha value is -2.00. The molecule has 1 heterocycles. The minimum Gasteiger partial charge on any atom is -0.308 e. The van der Waals surface area contributed by atoms with Crippen molar-refractivity contribution in [2.75, 3.05) is 6.54 Å². The summed E-state index contributed by atoms with van der Waals surface area (Å²) in [5.41, 5.74) is -1.31. The van der Waals surface area contributed by atoms with Crippen molar-refractivity contribution in [2.24, 2.45) is 0 Å². The molecule has 0 aliphatic carbocycles. The molecule has 1 unspecified atom stereocenters. The van der Waals surface area contributed by atoms with Crippen molar-refractivity contribution in [3.05, 3.63) is 38.9 Å².